The number of hydrogen-bond acceptors (Lipinski definition) is 5. The lowest BCUT2D eigenvalue weighted by Gasteiger charge is -2.40. The zero-order valence-corrected chi connectivity index (χ0v) is 21.4. The quantitative estimate of drug-likeness (QED) is 0.621. The van der Waals surface area contributed by atoms with Gasteiger partial charge in [0.05, 0.1) is 29.6 Å². The molecule has 1 unspecified atom stereocenters. The summed E-state index contributed by atoms with van der Waals surface area (Å²) in [5.41, 5.74) is 2.05. The minimum absolute atomic E-state index is 0.0200. The van der Waals surface area contributed by atoms with Gasteiger partial charge in [0.15, 0.2) is 8.32 Å². The van der Waals surface area contributed by atoms with Crippen molar-refractivity contribution in [3.8, 4) is 11.4 Å². The molecule has 1 N–H and O–H groups in total. The molecule has 174 valence electrons. The first kappa shape index (κ1) is 24.2. The molecule has 8 heteroatoms. The molecule has 3 rings (SSSR count). The number of aromatic nitrogens is 2. The van der Waals surface area contributed by atoms with Crippen molar-refractivity contribution in [1.29, 1.82) is 0 Å². The van der Waals surface area contributed by atoms with Crippen LogP contribution in [-0.2, 0) is 15.6 Å². The lowest BCUT2D eigenvalue weighted by Crippen LogP contribution is -2.54. The highest BCUT2D eigenvalue weighted by Gasteiger charge is 2.43. The summed E-state index contributed by atoms with van der Waals surface area (Å²) in [5.74, 6) is -0.372. The highest BCUT2D eigenvalue weighted by Crippen LogP contribution is 2.37. The standard InChI is InChI=1S/C24H35N3O4Si/c1-23(2,3)31-22(29)27-16(15-30-32(7,8)24(4,5)6)13-19-17(21(27)28)14-20(26-19)18-11-9-10-12-25-18/h9-12,14,16,26H,13,15H2,1-8H3. The van der Waals surface area contributed by atoms with Crippen molar-refractivity contribution < 1.29 is 18.8 Å². The van der Waals surface area contributed by atoms with E-state index in [-0.39, 0.29) is 17.6 Å². The van der Waals surface area contributed by atoms with Crippen LogP contribution in [0.5, 0.6) is 0 Å². The first-order valence-electron chi connectivity index (χ1n) is 11.0. The zero-order valence-electron chi connectivity index (χ0n) is 20.4. The van der Waals surface area contributed by atoms with Crippen LogP contribution < -0.4 is 0 Å². The van der Waals surface area contributed by atoms with Crippen molar-refractivity contribution in [3.05, 3.63) is 41.7 Å². The van der Waals surface area contributed by atoms with Gasteiger partial charge in [0.25, 0.3) is 5.91 Å². The molecule has 0 fully saturated rings. The number of nitrogens with zero attached hydrogens (tertiary/aromatic N) is 2. The Labute approximate surface area is 191 Å². The Hall–Kier alpha value is -2.45. The minimum Gasteiger partial charge on any atom is -0.443 e. The maximum absolute atomic E-state index is 13.5. The van der Waals surface area contributed by atoms with Crippen molar-refractivity contribution in [1.82, 2.24) is 14.9 Å². The summed E-state index contributed by atoms with van der Waals surface area (Å²) < 4.78 is 12.0. The van der Waals surface area contributed by atoms with Gasteiger partial charge < -0.3 is 14.1 Å². The van der Waals surface area contributed by atoms with Crippen LogP contribution in [0.2, 0.25) is 18.1 Å². The van der Waals surface area contributed by atoms with Gasteiger partial charge in [-0.3, -0.25) is 9.78 Å². The number of carbonyl (C=O) groups excluding carboxylic acids is 2. The summed E-state index contributed by atoms with van der Waals surface area (Å²) in [4.78, 5) is 35.5. The van der Waals surface area contributed by atoms with Crippen LogP contribution in [-0.4, -0.2) is 53.4 Å². The molecule has 2 aromatic heterocycles. The second kappa shape index (κ2) is 8.48. The van der Waals surface area contributed by atoms with E-state index in [1.807, 2.05) is 18.2 Å². The fraction of sp³-hybridized carbons (Fsp3) is 0.542. The molecule has 1 aliphatic heterocycles. The fourth-order valence-electron chi connectivity index (χ4n) is 3.33. The van der Waals surface area contributed by atoms with Crippen LogP contribution >= 0.6 is 0 Å². The van der Waals surface area contributed by atoms with E-state index >= 15 is 0 Å². The Morgan fingerprint density at radius 2 is 1.91 bits per heavy atom. The molecule has 0 saturated carbocycles. The molecule has 2 amide bonds. The van der Waals surface area contributed by atoms with Gasteiger partial charge in [-0.15, -0.1) is 0 Å². The average Bonchev–Trinajstić information content (AvgIpc) is 3.09. The number of hydrogen-bond donors (Lipinski definition) is 1. The van der Waals surface area contributed by atoms with Gasteiger partial charge in [-0.05, 0) is 57.1 Å². The predicted octanol–water partition coefficient (Wildman–Crippen LogP) is 5.40. The van der Waals surface area contributed by atoms with Gasteiger partial charge in [0.2, 0.25) is 0 Å². The number of aromatic amines is 1. The third-order valence-electron chi connectivity index (χ3n) is 6.13. The van der Waals surface area contributed by atoms with Gasteiger partial charge in [0, 0.05) is 18.3 Å². The lowest BCUT2D eigenvalue weighted by molar-refractivity contribution is 0.00973. The minimum atomic E-state index is -2.07. The first-order chi connectivity index (χ1) is 14.7. The Kier molecular flexibility index (Phi) is 6.41. The summed E-state index contributed by atoms with van der Waals surface area (Å²) >= 11 is 0. The van der Waals surface area contributed by atoms with Crippen LogP contribution in [0.15, 0.2) is 30.5 Å². The smallest absolute Gasteiger partial charge is 0.417 e. The lowest BCUT2D eigenvalue weighted by atomic mass is 10.0. The van der Waals surface area contributed by atoms with E-state index in [2.05, 4.69) is 43.8 Å². The van der Waals surface area contributed by atoms with E-state index in [9.17, 15) is 9.59 Å². The molecule has 2 aromatic rings. The van der Waals surface area contributed by atoms with E-state index in [1.54, 1.807) is 33.0 Å². The first-order valence-corrected chi connectivity index (χ1v) is 13.9. The number of fused-ring (bicyclic) bond motifs is 1. The SMILES string of the molecule is CC(C)(C)OC(=O)N1C(=O)c2cc(-c3ccccn3)[nH]c2CC1CO[Si](C)(C)C(C)(C)C. The highest BCUT2D eigenvalue weighted by molar-refractivity contribution is 6.74. The van der Waals surface area contributed by atoms with Crippen molar-refractivity contribution in [2.24, 2.45) is 0 Å². The second-order valence-electron chi connectivity index (χ2n) is 10.9. The molecule has 1 atom stereocenters. The summed E-state index contributed by atoms with van der Waals surface area (Å²) in [6, 6.07) is 6.94. The van der Waals surface area contributed by atoms with Gasteiger partial charge in [0.1, 0.15) is 5.60 Å². The van der Waals surface area contributed by atoms with Crippen LogP contribution in [0, 0.1) is 0 Å². The monoisotopic (exact) mass is 457 g/mol. The summed E-state index contributed by atoms with van der Waals surface area (Å²) in [6.45, 7) is 16.5. The van der Waals surface area contributed by atoms with E-state index in [4.69, 9.17) is 9.16 Å². The number of nitrogens with one attached hydrogen (secondary N) is 1. The largest absolute Gasteiger partial charge is 0.443 e. The van der Waals surface area contributed by atoms with Crippen molar-refractivity contribution >= 4 is 20.3 Å². The summed E-state index contributed by atoms with van der Waals surface area (Å²) in [6.07, 6.45) is 1.54. The average molecular weight is 458 g/mol. The molecule has 0 aromatic carbocycles. The number of pyridine rings is 1. The van der Waals surface area contributed by atoms with E-state index in [0.29, 0.717) is 12.0 Å². The fourth-order valence-corrected chi connectivity index (χ4v) is 4.37. The summed E-state index contributed by atoms with van der Waals surface area (Å²) in [5, 5.41) is 0.0200. The van der Waals surface area contributed by atoms with Gasteiger partial charge in [-0.1, -0.05) is 26.8 Å². The highest BCUT2D eigenvalue weighted by atomic mass is 28.4. The molecular formula is C24H35N3O4Si. The van der Waals surface area contributed by atoms with E-state index in [1.165, 1.54) is 4.90 Å². The third kappa shape index (κ3) is 5.12. The van der Waals surface area contributed by atoms with Crippen molar-refractivity contribution in [3.63, 3.8) is 0 Å². The number of rotatable bonds is 4. The molecule has 1 aliphatic rings. The van der Waals surface area contributed by atoms with E-state index in [0.717, 1.165) is 17.1 Å². The molecule has 7 nitrogen and oxygen atoms in total. The molecule has 32 heavy (non-hydrogen) atoms. The number of H-pyrrole nitrogens is 1. The maximum atomic E-state index is 13.5. The van der Waals surface area contributed by atoms with Gasteiger partial charge in [-0.25, -0.2) is 9.69 Å². The van der Waals surface area contributed by atoms with Crippen molar-refractivity contribution in [2.75, 3.05) is 6.61 Å². The number of ether oxygens (including phenoxy) is 1. The zero-order chi connectivity index (χ0) is 23.9. The molecule has 0 bridgehead atoms. The van der Waals surface area contributed by atoms with Crippen LogP contribution in [0.1, 0.15) is 57.6 Å². The number of carbonyl (C=O) groups is 2. The molecule has 0 aliphatic carbocycles. The second-order valence-corrected chi connectivity index (χ2v) is 15.7. The van der Waals surface area contributed by atoms with Gasteiger partial charge in [-0.2, -0.15) is 0 Å². The Bertz CT molecular complexity index is 987. The topological polar surface area (TPSA) is 84.5 Å². The van der Waals surface area contributed by atoms with Crippen LogP contribution in [0.4, 0.5) is 4.79 Å². The van der Waals surface area contributed by atoms with Crippen LogP contribution in [0.25, 0.3) is 11.4 Å². The van der Waals surface area contributed by atoms with Crippen molar-refractivity contribution in [2.45, 2.75) is 77.7 Å². The maximum Gasteiger partial charge on any atom is 0.417 e. The Morgan fingerprint density at radius 3 is 2.47 bits per heavy atom. The number of amides is 2. The van der Waals surface area contributed by atoms with Gasteiger partial charge >= 0.3 is 6.09 Å². The predicted molar refractivity (Wildman–Crippen MR) is 127 cm³/mol. The molecule has 0 spiro atoms. The van der Waals surface area contributed by atoms with Crippen LogP contribution in [0.3, 0.4) is 0 Å². The van der Waals surface area contributed by atoms with E-state index < -0.39 is 26.1 Å². The molecule has 0 radical (unpaired) electrons. The molecule has 0 saturated heterocycles. The molecular weight excluding hydrogens is 422 g/mol. The molecule has 3 heterocycles. The third-order valence-corrected chi connectivity index (χ3v) is 10.6. The normalized spacial score (nSPS) is 17.3. The summed E-state index contributed by atoms with van der Waals surface area (Å²) in [7, 11) is -2.07. The Balaban J connectivity index is 1.94. The Morgan fingerprint density at radius 1 is 1.22 bits per heavy atom. The number of imide groups is 1.